The van der Waals surface area contributed by atoms with E-state index in [4.69, 9.17) is 24.1 Å². The second kappa shape index (κ2) is 26.3. The van der Waals surface area contributed by atoms with Gasteiger partial charge in [-0.15, -0.1) is 0 Å². The summed E-state index contributed by atoms with van der Waals surface area (Å²) in [5, 5.41) is 104. The van der Waals surface area contributed by atoms with E-state index in [1.807, 2.05) is 19.9 Å². The van der Waals surface area contributed by atoms with Gasteiger partial charge in [0.2, 0.25) is 0 Å². The normalized spacial score (nSPS) is 27.8. The number of ether oxygens (including phenoxy) is 4. The van der Waals surface area contributed by atoms with Gasteiger partial charge in [0.05, 0.1) is 44.1 Å². The quantitative estimate of drug-likeness (QED) is 0.0461. The van der Waals surface area contributed by atoms with Crippen LogP contribution in [0.4, 0.5) is 0 Å². The molecule has 0 saturated carbocycles. The summed E-state index contributed by atoms with van der Waals surface area (Å²) in [5.41, 5.74) is 1.52. The van der Waals surface area contributed by atoms with E-state index in [0.717, 1.165) is 26.4 Å². The van der Waals surface area contributed by atoms with Crippen molar-refractivity contribution in [1.29, 1.82) is 0 Å². The third-order valence-electron chi connectivity index (χ3n) is 11.8. The summed E-state index contributed by atoms with van der Waals surface area (Å²) in [5.74, 6) is -3.55. The van der Waals surface area contributed by atoms with Crippen LogP contribution in [-0.2, 0) is 28.5 Å². The summed E-state index contributed by atoms with van der Waals surface area (Å²) >= 11 is 0. The molecule has 0 aliphatic carbocycles. The van der Waals surface area contributed by atoms with E-state index >= 15 is 0 Å². The number of hydrogen-bond donors (Lipinski definition) is 10. The number of carbonyl (C=O) groups is 2. The molecule has 10 N–H and O–H groups in total. The summed E-state index contributed by atoms with van der Waals surface area (Å²) in [7, 11) is 1.12. The average molecular weight is 863 g/mol. The first-order valence-corrected chi connectivity index (χ1v) is 21.2. The highest BCUT2D eigenvalue weighted by Gasteiger charge is 2.49. The minimum atomic E-state index is -1.74. The van der Waals surface area contributed by atoms with Crippen molar-refractivity contribution in [2.75, 3.05) is 20.3 Å². The van der Waals surface area contributed by atoms with E-state index in [0.29, 0.717) is 28.6 Å². The molecule has 0 bridgehead atoms. The number of aliphatic hydroxyl groups is 10. The largest absolute Gasteiger partial charge is 0.467 e. The van der Waals surface area contributed by atoms with Crippen LogP contribution in [0.5, 0.6) is 0 Å². The number of rotatable bonds is 25. The lowest BCUT2D eigenvalue weighted by Crippen LogP contribution is -2.61. The average Bonchev–Trinajstić information content (AvgIpc) is 3.21. The number of hydrogen-bond acceptors (Lipinski definition) is 16. The van der Waals surface area contributed by atoms with Gasteiger partial charge in [0.1, 0.15) is 43.2 Å². The van der Waals surface area contributed by atoms with Gasteiger partial charge >= 0.3 is 11.9 Å². The van der Waals surface area contributed by atoms with Gasteiger partial charge in [0.25, 0.3) is 0 Å². The van der Waals surface area contributed by atoms with Crippen LogP contribution in [0.3, 0.4) is 0 Å². The van der Waals surface area contributed by atoms with Crippen molar-refractivity contribution in [3.8, 4) is 0 Å². The van der Waals surface area contributed by atoms with E-state index in [1.54, 1.807) is 46.8 Å². The molecule has 16 heteroatoms. The van der Waals surface area contributed by atoms with Gasteiger partial charge < -0.3 is 70.0 Å². The zero-order valence-corrected chi connectivity index (χ0v) is 37.7. The first-order chi connectivity index (χ1) is 27.8. The molecule has 1 aliphatic heterocycles. The minimum absolute atomic E-state index is 0.115. The summed E-state index contributed by atoms with van der Waals surface area (Å²) in [6.07, 6.45) is -9.16. The van der Waals surface area contributed by atoms with E-state index < -0.39 is 116 Å². The third kappa shape index (κ3) is 16.4. The Balaban J connectivity index is 3.19. The molecule has 1 saturated heterocycles. The Hall–Kier alpha value is -2.32. The van der Waals surface area contributed by atoms with Crippen LogP contribution in [0.1, 0.15) is 95.4 Å². The van der Waals surface area contributed by atoms with Crippen molar-refractivity contribution in [2.24, 2.45) is 41.4 Å². The standard InChI is InChI=1S/C44H78O16/c1-13-21(2)14-22(3)15-28(9)40(59-44-39(54)37(52)38(53)41(60-44)43(56)57-12)29(10)18-26(7)34(49)24(5)16-23(4)33(48)25(6)17-27(8)35(50)30(11)42(55)58-20-32(47)36(51)31(46)19-45/h16-18,21-22,24-25,28-41,44-54H,13-15,19-20H2,1-12H3/b23-16+,26-18+,27-17+/t21?,22?,24?,25?,28?,29?,30-,31+,32+,33?,34?,35+,36+,37+,38+,39+,40?,41+,44-/m1/s1. The lowest BCUT2D eigenvalue weighted by molar-refractivity contribution is -0.311. The molecule has 0 aromatic carbocycles. The maximum absolute atomic E-state index is 12.6. The first-order valence-electron chi connectivity index (χ1n) is 21.2. The van der Waals surface area contributed by atoms with Crippen molar-refractivity contribution >= 4 is 11.9 Å². The van der Waals surface area contributed by atoms with Crippen LogP contribution < -0.4 is 0 Å². The predicted octanol–water partition coefficient (Wildman–Crippen LogP) is 1.53. The highest BCUT2D eigenvalue weighted by molar-refractivity contribution is 5.75. The van der Waals surface area contributed by atoms with Crippen LogP contribution in [-0.4, -0.2) is 157 Å². The fraction of sp³-hybridized carbons (Fsp3) is 0.818. The number of methoxy groups -OCH3 is 1. The molecule has 0 radical (unpaired) electrons. The molecule has 16 nitrogen and oxygen atoms in total. The lowest BCUT2D eigenvalue weighted by atomic mass is 9.82. The number of aliphatic hydroxyl groups excluding tert-OH is 10. The van der Waals surface area contributed by atoms with E-state index in [-0.39, 0.29) is 11.8 Å². The highest BCUT2D eigenvalue weighted by atomic mass is 16.7. The zero-order chi connectivity index (χ0) is 46.3. The molecule has 1 aliphatic rings. The maximum Gasteiger partial charge on any atom is 0.337 e. The summed E-state index contributed by atoms with van der Waals surface area (Å²) in [6, 6.07) is 0. The van der Waals surface area contributed by atoms with Crippen LogP contribution in [0.25, 0.3) is 0 Å². The van der Waals surface area contributed by atoms with Crippen molar-refractivity contribution < 1.29 is 79.6 Å². The van der Waals surface area contributed by atoms with Crippen LogP contribution in [0.15, 0.2) is 34.9 Å². The molecule has 9 unspecified atom stereocenters. The predicted molar refractivity (Wildman–Crippen MR) is 223 cm³/mol. The van der Waals surface area contributed by atoms with Gasteiger partial charge in [-0.2, -0.15) is 0 Å². The van der Waals surface area contributed by atoms with Gasteiger partial charge in [-0.1, -0.05) is 73.1 Å². The van der Waals surface area contributed by atoms with Gasteiger partial charge in [0, 0.05) is 17.8 Å². The Labute approximate surface area is 356 Å². The van der Waals surface area contributed by atoms with Crippen LogP contribution >= 0.6 is 0 Å². The molecule has 0 aromatic heterocycles. The van der Waals surface area contributed by atoms with Crippen molar-refractivity contribution in [3.05, 3.63) is 34.9 Å². The van der Waals surface area contributed by atoms with Gasteiger partial charge in [-0.25, -0.2) is 4.79 Å². The molecule has 1 fully saturated rings. The Morgan fingerprint density at radius 3 is 1.67 bits per heavy atom. The fourth-order valence-corrected chi connectivity index (χ4v) is 7.85. The fourth-order valence-electron chi connectivity index (χ4n) is 7.85. The zero-order valence-electron chi connectivity index (χ0n) is 37.7. The molecular weight excluding hydrogens is 784 g/mol. The smallest absolute Gasteiger partial charge is 0.337 e. The van der Waals surface area contributed by atoms with Crippen molar-refractivity contribution in [1.82, 2.24) is 0 Å². The van der Waals surface area contributed by atoms with Gasteiger partial charge in [-0.05, 0) is 75.0 Å². The Morgan fingerprint density at radius 1 is 0.683 bits per heavy atom. The van der Waals surface area contributed by atoms with E-state index in [1.165, 1.54) is 6.92 Å². The summed E-state index contributed by atoms with van der Waals surface area (Å²) in [6.45, 7) is 18.9. The maximum atomic E-state index is 12.6. The molecular formula is C44H78O16. The van der Waals surface area contributed by atoms with Gasteiger partial charge in [-0.3, -0.25) is 4.79 Å². The second-order valence-corrected chi connectivity index (χ2v) is 17.5. The minimum Gasteiger partial charge on any atom is -0.467 e. The SMILES string of the molecule is CCC(C)CC(C)CC(C)C(O[C@@H]1O[C@H](C(=O)OC)[C@@H](O)[C@H](O)[C@@H]1O)C(C)/C=C(\C)C(O)C(C)/C=C(\C)C(O)C(C)/C=C(\C)[C@H](O)[C@@H](C)C(=O)OC[C@H](O)[C@@H](O)[C@@H](O)CO. The molecule has 0 aromatic rings. The molecule has 1 rings (SSSR count). The summed E-state index contributed by atoms with van der Waals surface area (Å²) < 4.78 is 21.8. The van der Waals surface area contributed by atoms with Crippen LogP contribution in [0, 0.1) is 41.4 Å². The molecule has 19 atom stereocenters. The monoisotopic (exact) mass is 863 g/mol. The van der Waals surface area contributed by atoms with Gasteiger partial charge in [0.15, 0.2) is 12.4 Å². The highest BCUT2D eigenvalue weighted by Crippen LogP contribution is 2.33. The Bertz CT molecular complexity index is 1390. The number of esters is 2. The van der Waals surface area contributed by atoms with Crippen molar-refractivity contribution in [3.63, 3.8) is 0 Å². The van der Waals surface area contributed by atoms with Crippen molar-refractivity contribution in [2.45, 2.75) is 169 Å². The molecule has 1 heterocycles. The van der Waals surface area contributed by atoms with Crippen LogP contribution in [0.2, 0.25) is 0 Å². The molecule has 0 amide bonds. The Kier molecular flexibility index (Phi) is 24.5. The topological polar surface area (TPSA) is 273 Å². The second-order valence-electron chi connectivity index (χ2n) is 17.5. The van der Waals surface area contributed by atoms with E-state index in [2.05, 4.69) is 20.8 Å². The lowest BCUT2D eigenvalue weighted by Gasteiger charge is -2.42. The third-order valence-corrected chi connectivity index (χ3v) is 11.8. The van der Waals surface area contributed by atoms with E-state index in [9.17, 15) is 55.5 Å². The molecule has 0 spiro atoms. The summed E-state index contributed by atoms with van der Waals surface area (Å²) in [4.78, 5) is 24.9. The number of carbonyl (C=O) groups excluding carboxylic acids is 2. The Morgan fingerprint density at radius 2 is 1.18 bits per heavy atom. The molecule has 350 valence electrons. The molecule has 60 heavy (non-hydrogen) atoms. The first kappa shape index (κ1) is 55.7.